The van der Waals surface area contributed by atoms with Crippen molar-refractivity contribution in [3.63, 3.8) is 0 Å². The number of rotatable bonds is 1. The molecule has 1 fully saturated rings. The molecule has 0 radical (unpaired) electrons. The van der Waals surface area contributed by atoms with Crippen molar-refractivity contribution in [2.24, 2.45) is 16.6 Å². The number of para-hydroxylation sites is 2. The van der Waals surface area contributed by atoms with Crippen molar-refractivity contribution in [2.45, 2.75) is 38.3 Å². The SMILES string of the molecule is NC1=N[C@@H](C2CCCCC2)n2c(nc3ccccc32)N1. The van der Waals surface area contributed by atoms with E-state index >= 15 is 0 Å². The van der Waals surface area contributed by atoms with Crippen LogP contribution in [0, 0.1) is 5.92 Å². The van der Waals surface area contributed by atoms with Gasteiger partial charge in [-0.15, -0.1) is 0 Å². The van der Waals surface area contributed by atoms with Gasteiger partial charge in [0.2, 0.25) is 5.95 Å². The van der Waals surface area contributed by atoms with Crippen molar-refractivity contribution < 1.29 is 0 Å². The zero-order valence-corrected chi connectivity index (χ0v) is 11.4. The molecule has 0 unspecified atom stereocenters. The van der Waals surface area contributed by atoms with Crippen LogP contribution in [-0.2, 0) is 0 Å². The predicted octanol–water partition coefficient (Wildman–Crippen LogP) is 2.86. The lowest BCUT2D eigenvalue weighted by Crippen LogP contribution is -2.34. The smallest absolute Gasteiger partial charge is 0.212 e. The van der Waals surface area contributed by atoms with Gasteiger partial charge in [-0.3, -0.25) is 9.88 Å². The maximum Gasteiger partial charge on any atom is 0.212 e. The van der Waals surface area contributed by atoms with E-state index in [0.717, 1.165) is 17.0 Å². The van der Waals surface area contributed by atoms with Gasteiger partial charge in [-0.1, -0.05) is 31.4 Å². The molecule has 1 saturated carbocycles. The molecular formula is C15H19N5. The first kappa shape index (κ1) is 11.8. The molecule has 2 aliphatic rings. The Hall–Kier alpha value is -2.04. The summed E-state index contributed by atoms with van der Waals surface area (Å²) >= 11 is 0. The average molecular weight is 269 g/mol. The van der Waals surface area contributed by atoms with Crippen molar-refractivity contribution in [2.75, 3.05) is 5.32 Å². The van der Waals surface area contributed by atoms with Crippen molar-refractivity contribution >= 4 is 22.9 Å². The Morgan fingerprint density at radius 1 is 1.15 bits per heavy atom. The van der Waals surface area contributed by atoms with Crippen LogP contribution < -0.4 is 11.1 Å². The van der Waals surface area contributed by atoms with Crippen molar-refractivity contribution in [3.05, 3.63) is 24.3 Å². The van der Waals surface area contributed by atoms with Gasteiger partial charge in [0.25, 0.3) is 0 Å². The molecule has 2 aromatic rings. The Kier molecular flexibility index (Phi) is 2.65. The van der Waals surface area contributed by atoms with Gasteiger partial charge in [-0.2, -0.15) is 0 Å². The Morgan fingerprint density at radius 3 is 2.80 bits per heavy atom. The molecule has 0 saturated heterocycles. The number of benzene rings is 1. The highest BCUT2D eigenvalue weighted by Gasteiger charge is 2.31. The minimum absolute atomic E-state index is 0.0962. The minimum atomic E-state index is 0.0962. The third-order valence-electron chi connectivity index (χ3n) is 4.44. The second-order valence-corrected chi connectivity index (χ2v) is 5.75. The molecule has 2 heterocycles. The van der Waals surface area contributed by atoms with Crippen LogP contribution in [0.15, 0.2) is 29.3 Å². The molecular weight excluding hydrogens is 250 g/mol. The number of aromatic nitrogens is 2. The molecule has 1 atom stereocenters. The molecule has 20 heavy (non-hydrogen) atoms. The lowest BCUT2D eigenvalue weighted by atomic mass is 9.87. The molecule has 1 aromatic heterocycles. The van der Waals surface area contributed by atoms with Gasteiger partial charge in [0, 0.05) is 5.92 Å². The number of anilines is 1. The topological polar surface area (TPSA) is 68.2 Å². The standard InChI is InChI=1S/C15H19N5/c16-14-18-13(10-6-2-1-3-7-10)20-12-9-5-4-8-11(12)17-15(20)19-14/h4-5,8-10,13H,1-3,6-7H2,(H3,16,17,18,19)/t13-/m1/s1. The molecule has 5 nitrogen and oxygen atoms in total. The van der Waals surface area contributed by atoms with Crippen LogP contribution in [0.3, 0.4) is 0 Å². The maximum absolute atomic E-state index is 5.95. The van der Waals surface area contributed by atoms with E-state index in [-0.39, 0.29) is 6.17 Å². The van der Waals surface area contributed by atoms with E-state index in [9.17, 15) is 0 Å². The third-order valence-corrected chi connectivity index (χ3v) is 4.44. The van der Waals surface area contributed by atoms with Gasteiger partial charge in [0.15, 0.2) is 5.96 Å². The molecule has 1 aromatic carbocycles. The van der Waals surface area contributed by atoms with Crippen molar-refractivity contribution in [1.29, 1.82) is 0 Å². The first-order chi connectivity index (χ1) is 9.83. The number of fused-ring (bicyclic) bond motifs is 3. The van der Waals surface area contributed by atoms with Crippen LogP contribution in [0.5, 0.6) is 0 Å². The van der Waals surface area contributed by atoms with Gasteiger partial charge >= 0.3 is 0 Å². The molecule has 1 aliphatic carbocycles. The van der Waals surface area contributed by atoms with Crippen LogP contribution in [0.2, 0.25) is 0 Å². The molecule has 4 rings (SSSR count). The monoisotopic (exact) mass is 269 g/mol. The highest BCUT2D eigenvalue weighted by atomic mass is 15.4. The quantitative estimate of drug-likeness (QED) is 0.836. The summed E-state index contributed by atoms with van der Waals surface area (Å²) in [6, 6.07) is 8.22. The highest BCUT2D eigenvalue weighted by molar-refractivity contribution is 5.94. The second-order valence-electron chi connectivity index (χ2n) is 5.75. The number of hydrogen-bond acceptors (Lipinski definition) is 4. The van der Waals surface area contributed by atoms with Crippen LogP contribution in [0.4, 0.5) is 5.95 Å². The molecule has 0 spiro atoms. The molecule has 5 heteroatoms. The van der Waals surface area contributed by atoms with Gasteiger partial charge in [0.1, 0.15) is 6.17 Å². The predicted molar refractivity (Wildman–Crippen MR) is 80.6 cm³/mol. The Labute approximate surface area is 117 Å². The zero-order chi connectivity index (χ0) is 13.5. The van der Waals surface area contributed by atoms with Gasteiger partial charge < -0.3 is 5.73 Å². The number of hydrogen-bond donors (Lipinski definition) is 2. The first-order valence-corrected chi connectivity index (χ1v) is 7.40. The number of aliphatic imine (C=N–C) groups is 1. The number of imidazole rings is 1. The summed E-state index contributed by atoms with van der Waals surface area (Å²) in [6.45, 7) is 0. The van der Waals surface area contributed by atoms with Crippen LogP contribution in [0.25, 0.3) is 11.0 Å². The summed E-state index contributed by atoms with van der Waals surface area (Å²) in [6.07, 6.45) is 6.50. The maximum atomic E-state index is 5.95. The number of nitrogens with zero attached hydrogens (tertiary/aromatic N) is 3. The molecule has 104 valence electrons. The summed E-state index contributed by atoms with van der Waals surface area (Å²) < 4.78 is 2.22. The van der Waals surface area contributed by atoms with Gasteiger partial charge in [-0.25, -0.2) is 9.98 Å². The molecule has 1 aliphatic heterocycles. The minimum Gasteiger partial charge on any atom is -0.370 e. The highest BCUT2D eigenvalue weighted by Crippen LogP contribution is 2.38. The zero-order valence-electron chi connectivity index (χ0n) is 11.4. The molecule has 3 N–H and O–H groups in total. The van der Waals surface area contributed by atoms with E-state index in [1.165, 1.54) is 32.1 Å². The average Bonchev–Trinajstić information content (AvgIpc) is 2.85. The fourth-order valence-electron chi connectivity index (χ4n) is 3.50. The van der Waals surface area contributed by atoms with Crippen molar-refractivity contribution in [3.8, 4) is 0 Å². The van der Waals surface area contributed by atoms with E-state index in [1.54, 1.807) is 0 Å². The summed E-state index contributed by atoms with van der Waals surface area (Å²) in [5.74, 6) is 1.89. The fraction of sp³-hybridized carbons (Fsp3) is 0.467. The van der Waals surface area contributed by atoms with Crippen molar-refractivity contribution in [1.82, 2.24) is 9.55 Å². The summed E-state index contributed by atoms with van der Waals surface area (Å²) in [4.78, 5) is 9.32. The lowest BCUT2D eigenvalue weighted by molar-refractivity contribution is 0.259. The normalized spacial score (nSPS) is 23.2. The largest absolute Gasteiger partial charge is 0.370 e. The Balaban J connectivity index is 1.84. The number of guanidine groups is 1. The Morgan fingerprint density at radius 2 is 1.95 bits per heavy atom. The van der Waals surface area contributed by atoms with Gasteiger partial charge in [0.05, 0.1) is 11.0 Å². The van der Waals surface area contributed by atoms with Gasteiger partial charge in [-0.05, 0) is 25.0 Å². The van der Waals surface area contributed by atoms with E-state index < -0.39 is 0 Å². The summed E-state index contributed by atoms with van der Waals surface area (Å²) in [5, 5.41) is 3.10. The third kappa shape index (κ3) is 1.77. The summed E-state index contributed by atoms with van der Waals surface area (Å²) in [5.41, 5.74) is 8.10. The van der Waals surface area contributed by atoms with E-state index in [0.29, 0.717) is 11.9 Å². The summed E-state index contributed by atoms with van der Waals surface area (Å²) in [7, 11) is 0. The van der Waals surface area contributed by atoms with E-state index in [4.69, 9.17) is 5.73 Å². The first-order valence-electron chi connectivity index (χ1n) is 7.40. The van der Waals surface area contributed by atoms with Crippen LogP contribution in [0.1, 0.15) is 38.3 Å². The van der Waals surface area contributed by atoms with Crippen LogP contribution >= 0.6 is 0 Å². The fourth-order valence-corrected chi connectivity index (χ4v) is 3.50. The molecule has 0 amide bonds. The second kappa shape index (κ2) is 4.51. The number of nitrogens with two attached hydrogens (primary N) is 1. The van der Waals surface area contributed by atoms with Crippen LogP contribution in [-0.4, -0.2) is 15.5 Å². The van der Waals surface area contributed by atoms with E-state index in [2.05, 4.69) is 32.0 Å². The molecule has 0 bridgehead atoms. The lowest BCUT2D eigenvalue weighted by Gasteiger charge is -2.32. The van der Waals surface area contributed by atoms with E-state index in [1.807, 2.05) is 12.1 Å². The Bertz CT molecular complexity index is 666. The number of nitrogens with one attached hydrogen (secondary N) is 1.